The van der Waals surface area contributed by atoms with Crippen LogP contribution in [0.5, 0.6) is 5.75 Å². The second kappa shape index (κ2) is 7.41. The van der Waals surface area contributed by atoms with Crippen LogP contribution in [0, 0.1) is 0 Å². The molecule has 1 aliphatic rings. The summed E-state index contributed by atoms with van der Waals surface area (Å²) < 4.78 is 10.9. The van der Waals surface area contributed by atoms with Crippen LogP contribution < -0.4 is 4.74 Å². The van der Waals surface area contributed by atoms with Crippen molar-refractivity contribution in [2.45, 2.75) is 30.7 Å². The third-order valence-corrected chi connectivity index (χ3v) is 5.23. The van der Waals surface area contributed by atoms with E-state index in [2.05, 4.69) is 4.98 Å². The molecule has 2 aromatic carbocycles. The summed E-state index contributed by atoms with van der Waals surface area (Å²) >= 11 is 1.36. The van der Waals surface area contributed by atoms with Gasteiger partial charge in [-0.05, 0) is 42.7 Å². The molecule has 0 bridgehead atoms. The normalized spacial score (nSPS) is 13.7. The highest BCUT2D eigenvalue weighted by Crippen LogP contribution is 2.30. The Labute approximate surface area is 156 Å². The summed E-state index contributed by atoms with van der Waals surface area (Å²) in [6, 6.07) is 15.9. The van der Waals surface area contributed by atoms with Gasteiger partial charge in [0.2, 0.25) is 5.91 Å². The quantitative estimate of drug-likeness (QED) is 0.587. The lowest BCUT2D eigenvalue weighted by atomic mass is 10.2. The van der Waals surface area contributed by atoms with Crippen LogP contribution in [-0.2, 0) is 11.3 Å². The number of carbonyl (C=O) groups excluding carboxylic acids is 1. The predicted molar refractivity (Wildman–Crippen MR) is 101 cm³/mol. The SMILES string of the molecule is COc1ccc(CN(C(=O)CSc2nc3ccccc3o2)C2CC2)cc1. The maximum atomic E-state index is 12.8. The van der Waals surface area contributed by atoms with E-state index in [0.717, 1.165) is 35.3 Å². The zero-order valence-corrected chi connectivity index (χ0v) is 15.4. The molecule has 5 nitrogen and oxygen atoms in total. The largest absolute Gasteiger partial charge is 0.497 e. The predicted octanol–water partition coefficient (Wildman–Crippen LogP) is 4.12. The van der Waals surface area contributed by atoms with Gasteiger partial charge in [-0.2, -0.15) is 0 Å². The Morgan fingerprint density at radius 1 is 1.23 bits per heavy atom. The number of rotatable bonds is 7. The first-order valence-corrected chi connectivity index (χ1v) is 9.62. The Hall–Kier alpha value is -2.47. The third kappa shape index (κ3) is 3.85. The minimum Gasteiger partial charge on any atom is -0.497 e. The van der Waals surface area contributed by atoms with Gasteiger partial charge in [-0.1, -0.05) is 36.0 Å². The molecular formula is C20H20N2O3S. The van der Waals surface area contributed by atoms with Gasteiger partial charge in [0, 0.05) is 12.6 Å². The zero-order chi connectivity index (χ0) is 17.9. The van der Waals surface area contributed by atoms with E-state index in [4.69, 9.17) is 9.15 Å². The van der Waals surface area contributed by atoms with Crippen LogP contribution in [0.25, 0.3) is 11.1 Å². The smallest absolute Gasteiger partial charge is 0.257 e. The average Bonchev–Trinajstić information content (AvgIpc) is 3.43. The fourth-order valence-electron chi connectivity index (χ4n) is 2.85. The summed E-state index contributed by atoms with van der Waals surface area (Å²) in [5, 5.41) is 0.541. The summed E-state index contributed by atoms with van der Waals surface area (Å²) in [5.74, 6) is 1.28. The van der Waals surface area contributed by atoms with Crippen molar-refractivity contribution in [1.29, 1.82) is 0 Å². The molecule has 3 aromatic rings. The van der Waals surface area contributed by atoms with Crippen molar-refractivity contribution in [3.8, 4) is 5.75 Å². The van der Waals surface area contributed by atoms with E-state index in [-0.39, 0.29) is 5.91 Å². The van der Waals surface area contributed by atoms with Gasteiger partial charge < -0.3 is 14.1 Å². The molecule has 0 N–H and O–H groups in total. The summed E-state index contributed by atoms with van der Waals surface area (Å²) in [7, 11) is 1.65. The number of methoxy groups -OCH3 is 1. The van der Waals surface area contributed by atoms with Crippen LogP contribution in [0.4, 0.5) is 0 Å². The van der Waals surface area contributed by atoms with E-state index in [1.165, 1.54) is 11.8 Å². The van der Waals surface area contributed by atoms with E-state index >= 15 is 0 Å². The van der Waals surface area contributed by atoms with Crippen molar-refractivity contribution in [2.75, 3.05) is 12.9 Å². The standard InChI is InChI=1S/C20H20N2O3S/c1-24-16-10-6-14(7-11-16)12-22(15-8-9-15)19(23)13-26-20-21-17-4-2-3-5-18(17)25-20/h2-7,10-11,15H,8-9,12-13H2,1H3. The fraction of sp³-hybridized carbons (Fsp3) is 0.300. The average molecular weight is 368 g/mol. The number of amides is 1. The molecule has 0 saturated heterocycles. The van der Waals surface area contributed by atoms with Crippen molar-refractivity contribution in [3.63, 3.8) is 0 Å². The van der Waals surface area contributed by atoms with Crippen LogP contribution in [0.3, 0.4) is 0 Å². The molecule has 6 heteroatoms. The Morgan fingerprint density at radius 2 is 2.00 bits per heavy atom. The number of thioether (sulfide) groups is 1. The summed E-state index contributed by atoms with van der Waals surface area (Å²) in [6.45, 7) is 0.627. The highest BCUT2D eigenvalue weighted by Gasteiger charge is 2.32. The first-order chi connectivity index (χ1) is 12.7. The van der Waals surface area contributed by atoms with Gasteiger partial charge in [-0.15, -0.1) is 0 Å². The molecule has 0 atom stereocenters. The lowest BCUT2D eigenvalue weighted by molar-refractivity contribution is -0.129. The lowest BCUT2D eigenvalue weighted by Gasteiger charge is -2.22. The molecule has 1 heterocycles. The minimum atomic E-state index is 0.121. The first-order valence-electron chi connectivity index (χ1n) is 8.64. The number of hydrogen-bond donors (Lipinski definition) is 0. The van der Waals surface area contributed by atoms with Gasteiger partial charge in [-0.25, -0.2) is 4.98 Å². The molecule has 0 radical (unpaired) electrons. The summed E-state index contributed by atoms with van der Waals surface area (Å²) in [6.07, 6.45) is 2.16. The van der Waals surface area contributed by atoms with Gasteiger partial charge in [0.05, 0.1) is 12.9 Å². The monoisotopic (exact) mass is 368 g/mol. The Morgan fingerprint density at radius 3 is 2.69 bits per heavy atom. The maximum Gasteiger partial charge on any atom is 0.257 e. The number of aromatic nitrogens is 1. The maximum absolute atomic E-state index is 12.8. The molecule has 4 rings (SSSR count). The minimum absolute atomic E-state index is 0.121. The first kappa shape index (κ1) is 17.0. The second-order valence-corrected chi connectivity index (χ2v) is 7.26. The number of hydrogen-bond acceptors (Lipinski definition) is 5. The molecule has 134 valence electrons. The van der Waals surface area contributed by atoms with Crippen LogP contribution in [0.15, 0.2) is 58.2 Å². The van der Waals surface area contributed by atoms with E-state index < -0.39 is 0 Å². The molecule has 1 fully saturated rings. The van der Waals surface area contributed by atoms with Crippen molar-refractivity contribution in [2.24, 2.45) is 0 Å². The topological polar surface area (TPSA) is 55.6 Å². The number of para-hydroxylation sites is 2. The number of carbonyl (C=O) groups is 1. The summed E-state index contributed by atoms with van der Waals surface area (Å²) in [5.41, 5.74) is 2.68. The molecule has 1 amide bonds. The van der Waals surface area contributed by atoms with Crippen molar-refractivity contribution in [1.82, 2.24) is 9.88 Å². The van der Waals surface area contributed by atoms with Crippen LogP contribution >= 0.6 is 11.8 Å². The number of benzene rings is 2. The molecular weight excluding hydrogens is 348 g/mol. The lowest BCUT2D eigenvalue weighted by Crippen LogP contribution is -2.33. The number of oxazole rings is 1. The van der Waals surface area contributed by atoms with Gasteiger partial charge in [0.1, 0.15) is 11.3 Å². The van der Waals surface area contributed by atoms with Gasteiger partial charge in [0.15, 0.2) is 5.58 Å². The van der Waals surface area contributed by atoms with Crippen molar-refractivity contribution < 1.29 is 13.9 Å². The van der Waals surface area contributed by atoms with E-state index in [9.17, 15) is 4.79 Å². The van der Waals surface area contributed by atoms with Crippen LogP contribution in [0.1, 0.15) is 18.4 Å². The molecule has 1 saturated carbocycles. The fourth-order valence-corrected chi connectivity index (χ4v) is 3.58. The van der Waals surface area contributed by atoms with Crippen molar-refractivity contribution >= 4 is 28.8 Å². The Kier molecular flexibility index (Phi) is 4.84. The summed E-state index contributed by atoms with van der Waals surface area (Å²) in [4.78, 5) is 19.1. The second-order valence-electron chi connectivity index (χ2n) is 6.34. The van der Waals surface area contributed by atoms with E-state index in [1.54, 1.807) is 7.11 Å². The molecule has 0 unspecified atom stereocenters. The van der Waals surface area contributed by atoms with E-state index in [0.29, 0.717) is 23.6 Å². The molecule has 0 spiro atoms. The van der Waals surface area contributed by atoms with Crippen LogP contribution in [0.2, 0.25) is 0 Å². The number of nitrogens with zero attached hydrogens (tertiary/aromatic N) is 2. The van der Waals surface area contributed by atoms with E-state index in [1.807, 2.05) is 53.4 Å². The molecule has 1 aromatic heterocycles. The Bertz CT molecular complexity index is 870. The molecule has 1 aliphatic carbocycles. The van der Waals surface area contributed by atoms with Crippen molar-refractivity contribution in [3.05, 3.63) is 54.1 Å². The third-order valence-electron chi connectivity index (χ3n) is 4.41. The van der Waals surface area contributed by atoms with Crippen LogP contribution in [-0.4, -0.2) is 34.7 Å². The Balaban J connectivity index is 1.40. The number of fused-ring (bicyclic) bond motifs is 1. The zero-order valence-electron chi connectivity index (χ0n) is 14.6. The van der Waals surface area contributed by atoms with Gasteiger partial charge in [-0.3, -0.25) is 4.79 Å². The van der Waals surface area contributed by atoms with Gasteiger partial charge >= 0.3 is 0 Å². The molecule has 26 heavy (non-hydrogen) atoms. The molecule has 0 aliphatic heterocycles. The highest BCUT2D eigenvalue weighted by atomic mass is 32.2. The number of ether oxygens (including phenoxy) is 1. The highest BCUT2D eigenvalue weighted by molar-refractivity contribution is 7.99. The van der Waals surface area contributed by atoms with Gasteiger partial charge in [0.25, 0.3) is 5.22 Å².